The number of nitrogens with zero attached hydrogens (tertiary/aromatic N) is 1. The summed E-state index contributed by atoms with van der Waals surface area (Å²) in [7, 11) is 0. The Morgan fingerprint density at radius 1 is 0.920 bits per heavy atom. The van der Waals surface area contributed by atoms with Crippen LogP contribution in [0.3, 0.4) is 0 Å². The van der Waals surface area contributed by atoms with Crippen molar-refractivity contribution in [3.05, 3.63) is 94.0 Å². The summed E-state index contributed by atoms with van der Waals surface area (Å²) in [6.45, 7) is -0.0620. The summed E-state index contributed by atoms with van der Waals surface area (Å²) in [5, 5.41) is 19.0. The standard InChI is InChI=1S/C21H16ClNO2/c22-21-12-20(9-7-17(21)13-23)25-19-8-6-16(18(11-19)14-24)10-15-4-2-1-3-5-15/h1-9,11-12,24H,10,14H2. The van der Waals surface area contributed by atoms with Crippen LogP contribution in [0.1, 0.15) is 22.3 Å². The molecule has 0 amide bonds. The predicted octanol–water partition coefficient (Wildman–Crippen LogP) is 5.09. The van der Waals surface area contributed by atoms with Gasteiger partial charge in [-0.1, -0.05) is 48.0 Å². The molecule has 0 aromatic heterocycles. The third kappa shape index (κ3) is 4.19. The first-order chi connectivity index (χ1) is 12.2. The molecule has 124 valence electrons. The molecule has 4 heteroatoms. The van der Waals surface area contributed by atoms with Gasteiger partial charge in [0.15, 0.2) is 0 Å². The summed E-state index contributed by atoms with van der Waals surface area (Å²) in [6, 6.07) is 22.7. The lowest BCUT2D eigenvalue weighted by molar-refractivity contribution is 0.280. The second kappa shape index (κ2) is 7.85. The minimum absolute atomic E-state index is 0.0620. The molecule has 0 fully saturated rings. The predicted molar refractivity (Wildman–Crippen MR) is 97.9 cm³/mol. The maximum absolute atomic E-state index is 9.69. The van der Waals surface area contributed by atoms with Crippen molar-refractivity contribution in [3.8, 4) is 17.6 Å². The van der Waals surface area contributed by atoms with Gasteiger partial charge >= 0.3 is 0 Å². The minimum atomic E-state index is -0.0620. The van der Waals surface area contributed by atoms with E-state index in [1.165, 1.54) is 5.56 Å². The van der Waals surface area contributed by atoms with Crippen LogP contribution in [0.15, 0.2) is 66.7 Å². The van der Waals surface area contributed by atoms with E-state index >= 15 is 0 Å². The fourth-order valence-electron chi connectivity index (χ4n) is 2.59. The Hall–Kier alpha value is -2.80. The Kier molecular flexibility index (Phi) is 5.35. The lowest BCUT2D eigenvalue weighted by atomic mass is 10.00. The fourth-order valence-corrected chi connectivity index (χ4v) is 2.80. The van der Waals surface area contributed by atoms with Crippen LogP contribution in [0.25, 0.3) is 0 Å². The highest BCUT2D eigenvalue weighted by atomic mass is 35.5. The van der Waals surface area contributed by atoms with Crippen molar-refractivity contribution >= 4 is 11.6 Å². The molecule has 1 N–H and O–H groups in total. The van der Waals surface area contributed by atoms with Gasteiger partial charge in [0.1, 0.15) is 17.6 Å². The zero-order valence-corrected chi connectivity index (χ0v) is 14.2. The maximum Gasteiger partial charge on any atom is 0.129 e. The molecule has 0 radical (unpaired) electrons. The molecule has 3 aromatic rings. The highest BCUT2D eigenvalue weighted by molar-refractivity contribution is 6.31. The van der Waals surface area contributed by atoms with Gasteiger partial charge in [0.25, 0.3) is 0 Å². The van der Waals surface area contributed by atoms with Gasteiger partial charge in [-0.25, -0.2) is 0 Å². The number of ether oxygens (including phenoxy) is 1. The van der Waals surface area contributed by atoms with Gasteiger partial charge in [-0.05, 0) is 47.4 Å². The molecule has 0 aliphatic rings. The number of hydrogen-bond donors (Lipinski definition) is 1. The van der Waals surface area contributed by atoms with Crippen LogP contribution in [0.4, 0.5) is 0 Å². The summed E-state index contributed by atoms with van der Waals surface area (Å²) in [5.41, 5.74) is 3.47. The van der Waals surface area contributed by atoms with Crippen molar-refractivity contribution in [1.82, 2.24) is 0 Å². The summed E-state index contributed by atoms with van der Waals surface area (Å²) in [4.78, 5) is 0. The number of hydrogen-bond acceptors (Lipinski definition) is 3. The van der Waals surface area contributed by atoms with E-state index in [9.17, 15) is 5.11 Å². The molecule has 0 heterocycles. The number of rotatable bonds is 5. The molecule has 3 nitrogen and oxygen atoms in total. The summed E-state index contributed by atoms with van der Waals surface area (Å²) in [5.74, 6) is 1.16. The zero-order chi connectivity index (χ0) is 17.6. The Balaban J connectivity index is 1.82. The first-order valence-corrected chi connectivity index (χ1v) is 8.21. The lowest BCUT2D eigenvalue weighted by Gasteiger charge is -2.12. The van der Waals surface area contributed by atoms with E-state index in [0.717, 1.165) is 17.5 Å². The van der Waals surface area contributed by atoms with Gasteiger partial charge in [0.2, 0.25) is 0 Å². The molecule has 3 rings (SSSR count). The van der Waals surface area contributed by atoms with Crippen molar-refractivity contribution in [3.63, 3.8) is 0 Å². The molecule has 0 bridgehead atoms. The van der Waals surface area contributed by atoms with Crippen LogP contribution < -0.4 is 4.74 Å². The number of benzene rings is 3. The first-order valence-electron chi connectivity index (χ1n) is 7.83. The van der Waals surface area contributed by atoms with Crippen LogP contribution in [-0.2, 0) is 13.0 Å². The average molecular weight is 350 g/mol. The monoisotopic (exact) mass is 349 g/mol. The van der Waals surface area contributed by atoms with Gasteiger partial charge in [-0.2, -0.15) is 5.26 Å². The highest BCUT2D eigenvalue weighted by Crippen LogP contribution is 2.28. The Labute approximate surface area is 151 Å². The molecule has 0 atom stereocenters. The van der Waals surface area contributed by atoms with Gasteiger partial charge in [0.05, 0.1) is 17.2 Å². The Morgan fingerprint density at radius 2 is 1.64 bits per heavy atom. The van der Waals surface area contributed by atoms with Crippen LogP contribution in [0.2, 0.25) is 5.02 Å². The van der Waals surface area contributed by atoms with Crippen LogP contribution in [0.5, 0.6) is 11.5 Å². The van der Waals surface area contributed by atoms with E-state index in [1.54, 1.807) is 18.2 Å². The van der Waals surface area contributed by atoms with Crippen molar-refractivity contribution in [2.24, 2.45) is 0 Å². The smallest absolute Gasteiger partial charge is 0.129 e. The van der Waals surface area contributed by atoms with Crippen LogP contribution >= 0.6 is 11.6 Å². The molecule has 0 unspecified atom stereocenters. The van der Waals surface area contributed by atoms with Gasteiger partial charge in [-0.15, -0.1) is 0 Å². The Bertz CT molecular complexity index is 917. The van der Waals surface area contributed by atoms with Crippen LogP contribution in [0, 0.1) is 11.3 Å². The molecule has 3 aromatic carbocycles. The first kappa shape index (κ1) is 17.0. The number of halogens is 1. The second-order valence-electron chi connectivity index (χ2n) is 5.61. The topological polar surface area (TPSA) is 53.2 Å². The fraction of sp³-hybridized carbons (Fsp3) is 0.0952. The van der Waals surface area contributed by atoms with E-state index in [2.05, 4.69) is 12.1 Å². The maximum atomic E-state index is 9.69. The van der Waals surface area contributed by atoms with E-state index in [-0.39, 0.29) is 6.61 Å². The summed E-state index contributed by atoms with van der Waals surface area (Å²) >= 11 is 6.03. The number of aliphatic hydroxyl groups is 1. The normalized spacial score (nSPS) is 10.3. The molecule has 0 aliphatic heterocycles. The largest absolute Gasteiger partial charge is 0.457 e. The molecular formula is C21H16ClNO2. The minimum Gasteiger partial charge on any atom is -0.457 e. The number of aliphatic hydroxyl groups excluding tert-OH is 1. The van der Waals surface area contributed by atoms with Crippen molar-refractivity contribution in [2.75, 3.05) is 0 Å². The Morgan fingerprint density at radius 3 is 2.32 bits per heavy atom. The molecule has 0 spiro atoms. The van der Waals surface area contributed by atoms with E-state index in [0.29, 0.717) is 22.1 Å². The third-order valence-electron chi connectivity index (χ3n) is 3.88. The molecular weight excluding hydrogens is 334 g/mol. The van der Waals surface area contributed by atoms with E-state index < -0.39 is 0 Å². The van der Waals surface area contributed by atoms with Crippen molar-refractivity contribution in [2.45, 2.75) is 13.0 Å². The van der Waals surface area contributed by atoms with E-state index in [1.807, 2.05) is 42.5 Å². The van der Waals surface area contributed by atoms with Gasteiger partial charge < -0.3 is 9.84 Å². The third-order valence-corrected chi connectivity index (χ3v) is 4.19. The highest BCUT2D eigenvalue weighted by Gasteiger charge is 2.07. The van der Waals surface area contributed by atoms with Crippen LogP contribution in [-0.4, -0.2) is 5.11 Å². The molecule has 0 aliphatic carbocycles. The van der Waals surface area contributed by atoms with Gasteiger partial charge in [0, 0.05) is 6.07 Å². The summed E-state index contributed by atoms with van der Waals surface area (Å²) in [6.07, 6.45) is 0.750. The van der Waals surface area contributed by atoms with Crippen molar-refractivity contribution < 1.29 is 9.84 Å². The molecule has 0 saturated carbocycles. The molecule has 25 heavy (non-hydrogen) atoms. The zero-order valence-electron chi connectivity index (χ0n) is 13.4. The number of nitriles is 1. The second-order valence-corrected chi connectivity index (χ2v) is 6.01. The van der Waals surface area contributed by atoms with Gasteiger partial charge in [-0.3, -0.25) is 0 Å². The quantitative estimate of drug-likeness (QED) is 0.698. The van der Waals surface area contributed by atoms with Crippen molar-refractivity contribution in [1.29, 1.82) is 5.26 Å². The SMILES string of the molecule is N#Cc1ccc(Oc2ccc(Cc3ccccc3)c(CO)c2)cc1Cl. The lowest BCUT2D eigenvalue weighted by Crippen LogP contribution is -1.97. The molecule has 0 saturated heterocycles. The summed E-state index contributed by atoms with van der Waals surface area (Å²) < 4.78 is 5.80. The van der Waals surface area contributed by atoms with E-state index in [4.69, 9.17) is 21.6 Å². The average Bonchev–Trinajstić information content (AvgIpc) is 2.64.